The zero-order valence-corrected chi connectivity index (χ0v) is 12.3. The molecule has 100 valence electrons. The van der Waals surface area contributed by atoms with Crippen molar-refractivity contribution in [3.8, 4) is 5.75 Å². The summed E-state index contributed by atoms with van der Waals surface area (Å²) < 4.78 is 13.1. The van der Waals surface area contributed by atoms with Crippen LogP contribution in [0.5, 0.6) is 5.75 Å². The van der Waals surface area contributed by atoms with E-state index >= 15 is 0 Å². The Labute approximate surface area is 126 Å². The van der Waals surface area contributed by atoms with E-state index in [1.165, 1.54) is 11.1 Å². The third-order valence-electron chi connectivity index (χ3n) is 3.88. The number of ether oxygens (including phenoxy) is 2. The first-order valence-electron chi connectivity index (χ1n) is 6.62. The van der Waals surface area contributed by atoms with Gasteiger partial charge in [-0.05, 0) is 45.3 Å². The van der Waals surface area contributed by atoms with Crippen LogP contribution in [0.15, 0.2) is 65.2 Å². The van der Waals surface area contributed by atoms with Crippen molar-refractivity contribution in [1.82, 2.24) is 0 Å². The SMILES string of the molecule is Brc1ccccc1OCC12C=CC(O1)c1ccccc12. The second-order valence-corrected chi connectivity index (χ2v) is 5.95. The summed E-state index contributed by atoms with van der Waals surface area (Å²) in [6, 6.07) is 16.2. The standard InChI is InChI=1S/C17H13BrO2/c18-14-7-3-4-8-16(14)19-11-17-10-9-15(20-17)12-5-1-2-6-13(12)17/h1-10,15H,11H2. The monoisotopic (exact) mass is 328 g/mol. The molecule has 2 aliphatic rings. The lowest BCUT2D eigenvalue weighted by Gasteiger charge is -2.24. The molecular weight excluding hydrogens is 316 g/mol. The van der Waals surface area contributed by atoms with Crippen molar-refractivity contribution in [2.45, 2.75) is 11.7 Å². The largest absolute Gasteiger partial charge is 0.489 e. The predicted molar refractivity (Wildman–Crippen MR) is 80.7 cm³/mol. The summed E-state index contributed by atoms with van der Waals surface area (Å²) in [5.41, 5.74) is 2.04. The van der Waals surface area contributed by atoms with E-state index < -0.39 is 5.60 Å². The summed E-state index contributed by atoms with van der Waals surface area (Å²) in [5, 5.41) is 0. The second-order valence-electron chi connectivity index (χ2n) is 5.09. The van der Waals surface area contributed by atoms with E-state index in [-0.39, 0.29) is 6.10 Å². The molecule has 0 spiro atoms. The number of para-hydroxylation sites is 1. The smallest absolute Gasteiger partial charge is 0.147 e. The van der Waals surface area contributed by atoms with Gasteiger partial charge in [0.2, 0.25) is 0 Å². The minimum absolute atomic E-state index is 0.0778. The first-order valence-corrected chi connectivity index (χ1v) is 7.42. The van der Waals surface area contributed by atoms with E-state index in [0.717, 1.165) is 10.2 Å². The molecule has 0 saturated heterocycles. The van der Waals surface area contributed by atoms with Gasteiger partial charge in [-0.15, -0.1) is 0 Å². The number of fused-ring (bicyclic) bond motifs is 5. The van der Waals surface area contributed by atoms with Crippen LogP contribution in [0, 0.1) is 0 Å². The topological polar surface area (TPSA) is 18.5 Å². The van der Waals surface area contributed by atoms with Crippen molar-refractivity contribution in [3.05, 3.63) is 76.3 Å². The lowest BCUT2D eigenvalue weighted by molar-refractivity contribution is -0.0328. The number of hydrogen-bond acceptors (Lipinski definition) is 2. The zero-order valence-electron chi connectivity index (χ0n) is 10.8. The van der Waals surface area contributed by atoms with Crippen LogP contribution in [0.2, 0.25) is 0 Å². The molecule has 20 heavy (non-hydrogen) atoms. The van der Waals surface area contributed by atoms with E-state index in [9.17, 15) is 0 Å². The minimum Gasteiger partial charge on any atom is -0.489 e. The van der Waals surface area contributed by atoms with E-state index in [1.54, 1.807) is 0 Å². The van der Waals surface area contributed by atoms with Gasteiger partial charge in [0.25, 0.3) is 0 Å². The van der Waals surface area contributed by atoms with Gasteiger partial charge in [-0.1, -0.05) is 42.5 Å². The van der Waals surface area contributed by atoms with Crippen molar-refractivity contribution < 1.29 is 9.47 Å². The van der Waals surface area contributed by atoms with Crippen molar-refractivity contribution in [3.63, 3.8) is 0 Å². The van der Waals surface area contributed by atoms with Crippen molar-refractivity contribution in [2.75, 3.05) is 6.61 Å². The molecule has 0 saturated carbocycles. The van der Waals surface area contributed by atoms with Gasteiger partial charge in [-0.2, -0.15) is 0 Å². The molecule has 2 aromatic rings. The van der Waals surface area contributed by atoms with Gasteiger partial charge >= 0.3 is 0 Å². The highest BCUT2D eigenvalue weighted by Crippen LogP contribution is 2.50. The zero-order chi connectivity index (χ0) is 13.6. The number of rotatable bonds is 3. The van der Waals surface area contributed by atoms with E-state index in [2.05, 4.69) is 52.3 Å². The molecule has 0 N–H and O–H groups in total. The summed E-state index contributed by atoms with van der Waals surface area (Å²) in [4.78, 5) is 0. The van der Waals surface area contributed by atoms with Crippen LogP contribution >= 0.6 is 15.9 Å². The Morgan fingerprint density at radius 2 is 1.90 bits per heavy atom. The van der Waals surface area contributed by atoms with Gasteiger partial charge in [-0.3, -0.25) is 0 Å². The maximum Gasteiger partial charge on any atom is 0.147 e. The molecular formula is C17H13BrO2. The van der Waals surface area contributed by atoms with Crippen LogP contribution in [0.25, 0.3) is 0 Å². The van der Waals surface area contributed by atoms with Crippen LogP contribution in [0.1, 0.15) is 17.2 Å². The fourth-order valence-electron chi connectivity index (χ4n) is 2.91. The Hall–Kier alpha value is -1.58. The maximum absolute atomic E-state index is 6.14. The van der Waals surface area contributed by atoms with Gasteiger partial charge in [0.05, 0.1) is 4.47 Å². The van der Waals surface area contributed by atoms with Crippen LogP contribution in [-0.4, -0.2) is 6.61 Å². The predicted octanol–water partition coefficient (Wildman–Crippen LogP) is 4.36. The number of hydrogen-bond donors (Lipinski definition) is 0. The third kappa shape index (κ3) is 1.74. The Morgan fingerprint density at radius 1 is 1.10 bits per heavy atom. The van der Waals surface area contributed by atoms with Crippen LogP contribution in [0.3, 0.4) is 0 Å². The van der Waals surface area contributed by atoms with Crippen LogP contribution in [-0.2, 0) is 10.3 Å². The molecule has 0 fully saturated rings. The molecule has 2 heterocycles. The summed E-state index contributed by atoms with van der Waals surface area (Å²) in [7, 11) is 0. The Kier molecular flexibility index (Phi) is 2.72. The Morgan fingerprint density at radius 3 is 2.80 bits per heavy atom. The van der Waals surface area contributed by atoms with Crippen molar-refractivity contribution in [2.24, 2.45) is 0 Å². The molecule has 0 aliphatic carbocycles. The normalized spacial score (nSPS) is 25.8. The highest BCUT2D eigenvalue weighted by molar-refractivity contribution is 9.10. The summed E-state index contributed by atoms with van der Waals surface area (Å²) in [6.07, 6.45) is 4.32. The van der Waals surface area contributed by atoms with Crippen molar-refractivity contribution in [1.29, 1.82) is 0 Å². The molecule has 2 bridgehead atoms. The summed E-state index contributed by atoms with van der Waals surface area (Å²) >= 11 is 3.50. The molecule has 2 nitrogen and oxygen atoms in total. The molecule has 2 aromatic carbocycles. The fourth-order valence-corrected chi connectivity index (χ4v) is 3.30. The third-order valence-corrected chi connectivity index (χ3v) is 4.53. The quantitative estimate of drug-likeness (QED) is 0.779. The highest BCUT2D eigenvalue weighted by atomic mass is 79.9. The molecule has 3 heteroatoms. The maximum atomic E-state index is 6.14. The highest BCUT2D eigenvalue weighted by Gasteiger charge is 2.47. The Balaban J connectivity index is 1.64. The Bertz CT molecular complexity index is 695. The second kappa shape index (κ2) is 4.47. The average Bonchev–Trinajstić information content (AvgIpc) is 3.04. The molecule has 2 aliphatic heterocycles. The summed E-state index contributed by atoms with van der Waals surface area (Å²) in [6.45, 7) is 0.486. The van der Waals surface area contributed by atoms with Gasteiger partial charge in [0, 0.05) is 0 Å². The lowest BCUT2D eigenvalue weighted by Crippen LogP contribution is -2.29. The molecule has 0 radical (unpaired) electrons. The van der Waals surface area contributed by atoms with Gasteiger partial charge < -0.3 is 9.47 Å². The molecule has 2 unspecified atom stereocenters. The van der Waals surface area contributed by atoms with Crippen LogP contribution < -0.4 is 4.74 Å². The molecule has 0 amide bonds. The molecule has 0 aromatic heterocycles. The van der Waals surface area contributed by atoms with E-state index in [4.69, 9.17) is 9.47 Å². The number of benzene rings is 2. The van der Waals surface area contributed by atoms with Gasteiger partial charge in [0.15, 0.2) is 0 Å². The van der Waals surface area contributed by atoms with Gasteiger partial charge in [0.1, 0.15) is 24.1 Å². The van der Waals surface area contributed by atoms with Gasteiger partial charge in [-0.25, -0.2) is 0 Å². The van der Waals surface area contributed by atoms with E-state index in [1.807, 2.05) is 24.3 Å². The number of halogens is 1. The first kappa shape index (κ1) is 12.2. The lowest BCUT2D eigenvalue weighted by atomic mass is 9.88. The first-order chi connectivity index (χ1) is 9.78. The van der Waals surface area contributed by atoms with Crippen LogP contribution in [0.4, 0.5) is 0 Å². The average molecular weight is 329 g/mol. The molecule has 4 rings (SSSR count). The fraction of sp³-hybridized carbons (Fsp3) is 0.176. The van der Waals surface area contributed by atoms with E-state index in [0.29, 0.717) is 6.61 Å². The molecule has 2 atom stereocenters. The minimum atomic E-state index is -0.434. The summed E-state index contributed by atoms with van der Waals surface area (Å²) in [5.74, 6) is 0.840. The van der Waals surface area contributed by atoms with Crippen molar-refractivity contribution >= 4 is 15.9 Å².